The minimum atomic E-state index is -1.62. The molecule has 1 aromatic rings. The van der Waals surface area contributed by atoms with Gasteiger partial charge >= 0.3 is 0 Å². The monoisotopic (exact) mass is 1100 g/mol. The molecule has 3 aliphatic heterocycles. The Hall–Kier alpha value is -6.02. The molecule has 25 heteroatoms. The largest absolute Gasteiger partial charge is 0.508 e. The normalized spacial score (nSPS) is 26.6. The van der Waals surface area contributed by atoms with Crippen LogP contribution in [0.5, 0.6) is 5.75 Å². The fourth-order valence-corrected chi connectivity index (χ4v) is 11.9. The zero-order valence-corrected chi connectivity index (χ0v) is 45.3. The summed E-state index contributed by atoms with van der Waals surface area (Å²) in [7, 11) is 4.04. The molecule has 418 valence electrons. The number of benzene rings is 1. The van der Waals surface area contributed by atoms with Crippen molar-refractivity contribution in [3.8, 4) is 5.75 Å². The third kappa shape index (κ3) is 17.8. The van der Waals surface area contributed by atoms with Crippen molar-refractivity contribution in [3.05, 3.63) is 54.1 Å². The van der Waals surface area contributed by atoms with Gasteiger partial charge in [0.2, 0.25) is 53.2 Å². The van der Waals surface area contributed by atoms with Crippen LogP contribution in [0.1, 0.15) is 78.2 Å². The van der Waals surface area contributed by atoms with E-state index in [4.69, 9.17) is 11.5 Å². The smallest absolute Gasteiger partial charge is 0.243 e. The topological polar surface area (TPSA) is 358 Å². The lowest BCUT2D eigenvalue weighted by atomic mass is 9.83. The fourth-order valence-electron chi connectivity index (χ4n) is 9.45. The number of nitrogens with one attached hydrogen (secondary N) is 8. The van der Waals surface area contributed by atoms with Crippen molar-refractivity contribution < 1.29 is 53.4 Å². The standard InChI is InChI=1S/C51H76N12O11S2/c1-6-28(4)43(50(73)58-34(44(53)67)17-18-41(52)65)62-47(70)37(22-30-23-55-33-11-8-7-10-32(30)33)59-48(71)38-25-75-76-26-39(54-5)51(74)63-19-9-12-40(63)49(72)60-36(21-29-13-15-31(64)16-14-29)45(68)56-24-42(66)57-35(20-27(2)3)46(69)61-38/h7-8,10-11,13-16,23,27-28,30,32-40,43,47,54,62,64,70H,6,9,12,17-22,24-26H2,1-5H3,(H2,52,65)(H2,53,67)(H,56,68)(H,57,66)(H,58,73)(H,59,71)(H,60,72)(H,61,69)/t28?,30?,32?,33?,34-,35-,36-,37-,38-,39-,40-,43-,47-/m0/s1. The van der Waals surface area contributed by atoms with Gasteiger partial charge in [0.05, 0.1) is 30.7 Å². The van der Waals surface area contributed by atoms with E-state index in [9.17, 15) is 53.4 Å². The molecule has 4 aliphatic rings. The van der Waals surface area contributed by atoms with Crippen molar-refractivity contribution in [2.75, 3.05) is 31.6 Å². The Bertz CT molecular complexity index is 2320. The summed E-state index contributed by atoms with van der Waals surface area (Å²) in [4.78, 5) is 129. The first-order valence-corrected chi connectivity index (χ1v) is 28.4. The summed E-state index contributed by atoms with van der Waals surface area (Å²) in [5, 5.41) is 44.5. The highest BCUT2D eigenvalue weighted by Crippen LogP contribution is 2.32. The van der Waals surface area contributed by atoms with Gasteiger partial charge in [0.1, 0.15) is 42.2 Å². The number of aromatic hydroxyl groups is 1. The summed E-state index contributed by atoms with van der Waals surface area (Å²) in [6.45, 7) is 6.95. The number of hydrogen-bond donors (Lipinski definition) is 12. The molecule has 0 aromatic heterocycles. The second kappa shape index (κ2) is 29.5. The Morgan fingerprint density at radius 1 is 0.895 bits per heavy atom. The number of primary amides is 2. The summed E-state index contributed by atoms with van der Waals surface area (Å²) in [5.74, 6) is -7.00. The molecule has 2 saturated heterocycles. The Kier molecular flexibility index (Phi) is 23.6. The van der Waals surface area contributed by atoms with Crippen LogP contribution in [0.3, 0.4) is 0 Å². The van der Waals surface area contributed by atoms with Gasteiger partial charge in [0.15, 0.2) is 0 Å². The predicted molar refractivity (Wildman–Crippen MR) is 289 cm³/mol. The molecule has 0 saturated carbocycles. The molecule has 0 radical (unpaired) electrons. The van der Waals surface area contributed by atoms with Gasteiger partial charge in [-0.15, -0.1) is 0 Å². The van der Waals surface area contributed by atoms with Gasteiger partial charge in [0.25, 0.3) is 0 Å². The number of rotatable bonds is 20. The van der Waals surface area contributed by atoms with E-state index < -0.39 is 114 Å². The number of fused-ring (bicyclic) bond motifs is 2. The maximum atomic E-state index is 14.8. The maximum Gasteiger partial charge on any atom is 0.243 e. The van der Waals surface area contributed by atoms with Crippen LogP contribution in [-0.2, 0) is 49.6 Å². The third-order valence-electron chi connectivity index (χ3n) is 14.0. The first kappa shape index (κ1) is 60.8. The summed E-state index contributed by atoms with van der Waals surface area (Å²) in [5.41, 5.74) is 11.5. The molecule has 9 amide bonds. The van der Waals surface area contributed by atoms with E-state index >= 15 is 0 Å². The van der Waals surface area contributed by atoms with Crippen molar-refractivity contribution in [1.29, 1.82) is 0 Å². The van der Waals surface area contributed by atoms with E-state index in [1.165, 1.54) is 38.6 Å². The number of amides is 9. The van der Waals surface area contributed by atoms with Gasteiger partial charge in [-0.1, -0.05) is 92.1 Å². The van der Waals surface area contributed by atoms with Crippen LogP contribution in [0, 0.1) is 23.7 Å². The van der Waals surface area contributed by atoms with Crippen LogP contribution in [0.25, 0.3) is 0 Å². The van der Waals surface area contributed by atoms with Gasteiger partial charge in [-0.2, -0.15) is 0 Å². The zero-order chi connectivity index (χ0) is 55.6. The minimum Gasteiger partial charge on any atom is -0.508 e. The lowest BCUT2D eigenvalue weighted by molar-refractivity contribution is -0.140. The highest BCUT2D eigenvalue weighted by molar-refractivity contribution is 8.76. The quantitative estimate of drug-likeness (QED) is 0.0538. The fraction of sp³-hybridized carbons (Fsp3) is 0.608. The first-order valence-electron chi connectivity index (χ1n) is 25.9. The molecule has 76 heavy (non-hydrogen) atoms. The van der Waals surface area contributed by atoms with Gasteiger partial charge in [-0.3, -0.25) is 53.5 Å². The van der Waals surface area contributed by atoms with Crippen LogP contribution in [-0.4, -0.2) is 167 Å². The number of phenols is 1. The first-order chi connectivity index (χ1) is 36.2. The van der Waals surface area contributed by atoms with Gasteiger partial charge in [0, 0.05) is 48.9 Å². The van der Waals surface area contributed by atoms with Gasteiger partial charge in [-0.25, -0.2) is 0 Å². The number of nitrogens with zero attached hydrogens (tertiary/aromatic N) is 2. The predicted octanol–water partition coefficient (Wildman–Crippen LogP) is -1.23. The van der Waals surface area contributed by atoms with E-state index in [2.05, 4.69) is 47.5 Å². The number of carbonyl (C=O) groups excluding carboxylic acids is 9. The molecule has 0 bridgehead atoms. The number of aliphatic hydroxyl groups excluding tert-OH is 1. The molecule has 14 N–H and O–H groups in total. The SMILES string of the molecule is CCC(C)[C@H](N[C@@H](O)[C@H](CC1C=NC2C=CC=CC12)NC(=O)[C@@H]1CSSC[C@H](NC)C(=O)N2CCC[C@H]2C(=O)N[C@@H](Cc2ccc(O)cc2)C(=O)NCC(=O)N[C@@H](CC(C)C)C(=O)N1)C(=O)N[C@@H](CCC(N)=O)C(N)=O. The lowest BCUT2D eigenvalue weighted by Gasteiger charge is -2.34. The highest BCUT2D eigenvalue weighted by atomic mass is 33.1. The van der Waals surface area contributed by atoms with Crippen molar-refractivity contribution in [3.63, 3.8) is 0 Å². The maximum absolute atomic E-state index is 14.8. The zero-order valence-electron chi connectivity index (χ0n) is 43.7. The average molecular weight is 1100 g/mol. The van der Waals surface area contributed by atoms with Crippen molar-refractivity contribution in [1.82, 2.24) is 47.4 Å². The number of nitrogens with two attached hydrogens (primary N) is 2. The molecular weight excluding hydrogens is 1020 g/mol. The van der Waals surface area contributed by atoms with E-state index in [1.807, 2.05) is 45.1 Å². The molecule has 23 nitrogen and oxygen atoms in total. The molecule has 2 fully saturated rings. The molecule has 1 aliphatic carbocycles. The van der Waals surface area contributed by atoms with Crippen LogP contribution in [0.15, 0.2) is 53.6 Å². The Labute approximate surface area is 451 Å². The van der Waals surface area contributed by atoms with Crippen molar-refractivity contribution in [2.45, 2.75) is 140 Å². The summed E-state index contributed by atoms with van der Waals surface area (Å²) >= 11 is 0. The third-order valence-corrected chi connectivity index (χ3v) is 16.4. The summed E-state index contributed by atoms with van der Waals surface area (Å²) < 4.78 is 0. The minimum absolute atomic E-state index is 0.000375. The highest BCUT2D eigenvalue weighted by Gasteiger charge is 2.41. The van der Waals surface area contributed by atoms with Gasteiger partial charge in [-0.05, 0) is 68.7 Å². The number of carbonyl (C=O) groups is 9. The van der Waals surface area contributed by atoms with Crippen molar-refractivity contribution >= 4 is 81.0 Å². The number of hydrogen-bond acceptors (Lipinski definition) is 16. The molecule has 1 aromatic carbocycles. The van der Waals surface area contributed by atoms with Gasteiger partial charge < -0.3 is 63.8 Å². The number of aliphatic imine (C=N–C) groups is 1. The van der Waals surface area contributed by atoms with E-state index in [0.717, 1.165) is 0 Å². The van der Waals surface area contributed by atoms with Crippen LogP contribution in [0.2, 0.25) is 0 Å². The number of allylic oxidation sites excluding steroid dienone is 2. The molecule has 4 unspecified atom stereocenters. The molecule has 13 atom stereocenters. The van der Waals surface area contributed by atoms with E-state index in [1.54, 1.807) is 32.3 Å². The second-order valence-corrected chi connectivity index (χ2v) is 22.7. The Morgan fingerprint density at radius 3 is 2.28 bits per heavy atom. The molecule has 3 heterocycles. The van der Waals surface area contributed by atoms with Crippen LogP contribution >= 0.6 is 21.6 Å². The molecular formula is C51H76N12O11S2. The number of likely N-dealkylation sites (N-methyl/N-ethyl adjacent to an activating group) is 1. The van der Waals surface area contributed by atoms with Crippen LogP contribution in [0.4, 0.5) is 0 Å². The van der Waals surface area contributed by atoms with Crippen molar-refractivity contribution in [2.24, 2.45) is 40.1 Å². The molecule has 0 spiro atoms. The number of phenolic OH excluding ortho intramolecular Hbond substituents is 1. The molecule has 5 rings (SSSR count). The summed E-state index contributed by atoms with van der Waals surface area (Å²) in [6, 6.07) is -3.03. The Morgan fingerprint density at radius 2 is 1.61 bits per heavy atom. The lowest BCUT2D eigenvalue weighted by Crippen LogP contribution is -2.62. The van der Waals surface area contributed by atoms with E-state index in [0.29, 0.717) is 24.8 Å². The van der Waals surface area contributed by atoms with E-state index in [-0.39, 0.29) is 85.6 Å². The average Bonchev–Trinajstić information content (AvgIpc) is 4.05. The summed E-state index contributed by atoms with van der Waals surface area (Å²) in [6.07, 6.45) is 9.00. The van der Waals surface area contributed by atoms with Crippen LogP contribution < -0.4 is 54.0 Å². The number of aliphatic hydroxyl groups is 1. The second-order valence-electron chi connectivity index (χ2n) is 20.2. The Balaban J connectivity index is 1.44.